The van der Waals surface area contributed by atoms with Gasteiger partial charge in [-0.3, -0.25) is 4.90 Å². The Hall–Kier alpha value is -1.10. The average Bonchev–Trinajstić information content (AvgIpc) is 2.54. The molecule has 0 bridgehead atoms. The first-order chi connectivity index (χ1) is 10.3. The fourth-order valence-corrected chi connectivity index (χ4v) is 3.20. The maximum atomic E-state index is 10.1. The van der Waals surface area contributed by atoms with Gasteiger partial charge in [0.1, 0.15) is 18.5 Å². The minimum atomic E-state index is -0.334. The number of likely N-dealkylation sites (N-methyl/N-ethyl adjacent to an activating group) is 1. The van der Waals surface area contributed by atoms with Gasteiger partial charge < -0.3 is 14.6 Å². The van der Waals surface area contributed by atoms with Crippen LogP contribution >= 0.6 is 0 Å². The Bertz CT molecular complexity index is 477. The first kappa shape index (κ1) is 14.8. The van der Waals surface area contributed by atoms with E-state index in [1.54, 1.807) is 0 Å². The standard InChI is InChI=1S/C17H25NO3/c1-2-18-8-9-20-15(11-18)12-21-14-7-6-13-4-3-5-17(19)16(13)10-14/h6-7,10,15,17,19H,2-5,8-9,11-12H2,1H3/t15?,17-/m0/s1. The second-order valence-corrected chi connectivity index (χ2v) is 5.97. The number of hydrogen-bond donors (Lipinski definition) is 1. The number of hydrogen-bond acceptors (Lipinski definition) is 4. The van der Waals surface area contributed by atoms with Crippen LogP contribution in [0, 0.1) is 0 Å². The van der Waals surface area contributed by atoms with Gasteiger partial charge in [-0.25, -0.2) is 0 Å². The summed E-state index contributed by atoms with van der Waals surface area (Å²) in [4.78, 5) is 2.38. The van der Waals surface area contributed by atoms with E-state index in [1.807, 2.05) is 12.1 Å². The van der Waals surface area contributed by atoms with Crippen LogP contribution in [0.25, 0.3) is 0 Å². The molecule has 2 atom stereocenters. The van der Waals surface area contributed by atoms with Crippen molar-refractivity contribution >= 4 is 0 Å². The highest BCUT2D eigenvalue weighted by Gasteiger charge is 2.21. The lowest BCUT2D eigenvalue weighted by Gasteiger charge is -2.32. The van der Waals surface area contributed by atoms with Crippen LogP contribution < -0.4 is 4.74 Å². The molecule has 4 heteroatoms. The average molecular weight is 291 g/mol. The zero-order chi connectivity index (χ0) is 14.7. The first-order valence-corrected chi connectivity index (χ1v) is 8.04. The molecule has 1 N–H and O–H groups in total. The molecule has 1 saturated heterocycles. The van der Waals surface area contributed by atoms with Crippen molar-refractivity contribution in [1.29, 1.82) is 0 Å². The monoisotopic (exact) mass is 291 g/mol. The zero-order valence-corrected chi connectivity index (χ0v) is 12.8. The summed E-state index contributed by atoms with van der Waals surface area (Å²) >= 11 is 0. The fraction of sp³-hybridized carbons (Fsp3) is 0.647. The number of aliphatic hydroxyl groups excluding tert-OH is 1. The Kier molecular flexibility index (Phi) is 4.78. The summed E-state index contributed by atoms with van der Waals surface area (Å²) in [7, 11) is 0. The van der Waals surface area contributed by atoms with Crippen molar-refractivity contribution in [2.24, 2.45) is 0 Å². The maximum Gasteiger partial charge on any atom is 0.119 e. The van der Waals surface area contributed by atoms with Gasteiger partial charge in [0.25, 0.3) is 0 Å². The van der Waals surface area contributed by atoms with Crippen LogP contribution in [0.15, 0.2) is 18.2 Å². The van der Waals surface area contributed by atoms with E-state index < -0.39 is 0 Å². The van der Waals surface area contributed by atoms with Crippen LogP contribution in [0.5, 0.6) is 5.75 Å². The fourth-order valence-electron chi connectivity index (χ4n) is 3.20. The van der Waals surface area contributed by atoms with Crippen molar-refractivity contribution in [2.45, 2.75) is 38.4 Å². The Labute approximate surface area is 126 Å². The van der Waals surface area contributed by atoms with Crippen molar-refractivity contribution in [2.75, 3.05) is 32.8 Å². The van der Waals surface area contributed by atoms with Gasteiger partial charge >= 0.3 is 0 Å². The Morgan fingerprint density at radius 1 is 1.43 bits per heavy atom. The quantitative estimate of drug-likeness (QED) is 0.923. The van der Waals surface area contributed by atoms with E-state index in [-0.39, 0.29) is 12.2 Å². The molecule has 2 aliphatic rings. The number of ether oxygens (including phenoxy) is 2. The third kappa shape index (κ3) is 3.57. The summed E-state index contributed by atoms with van der Waals surface area (Å²) in [5.41, 5.74) is 2.30. The van der Waals surface area contributed by atoms with Gasteiger partial charge in [0.15, 0.2) is 0 Å². The van der Waals surface area contributed by atoms with Crippen molar-refractivity contribution in [1.82, 2.24) is 4.90 Å². The predicted octanol–water partition coefficient (Wildman–Crippen LogP) is 2.16. The third-order valence-electron chi connectivity index (χ3n) is 4.51. The van der Waals surface area contributed by atoms with Crippen molar-refractivity contribution in [3.8, 4) is 5.75 Å². The van der Waals surface area contributed by atoms with Crippen LogP contribution in [-0.4, -0.2) is 49.0 Å². The van der Waals surface area contributed by atoms with Gasteiger partial charge in [0, 0.05) is 13.1 Å². The van der Waals surface area contributed by atoms with Gasteiger partial charge in [-0.15, -0.1) is 0 Å². The van der Waals surface area contributed by atoms with Crippen molar-refractivity contribution in [3.05, 3.63) is 29.3 Å². The van der Waals surface area contributed by atoms with E-state index in [1.165, 1.54) is 5.56 Å². The summed E-state index contributed by atoms with van der Waals surface area (Å²) in [6.07, 6.45) is 2.78. The molecule has 0 radical (unpaired) electrons. The minimum absolute atomic E-state index is 0.139. The minimum Gasteiger partial charge on any atom is -0.491 e. The first-order valence-electron chi connectivity index (χ1n) is 8.04. The highest BCUT2D eigenvalue weighted by Crippen LogP contribution is 2.32. The molecule has 1 aliphatic heterocycles. The summed E-state index contributed by atoms with van der Waals surface area (Å²) in [5, 5.41) is 10.1. The summed E-state index contributed by atoms with van der Waals surface area (Å²) in [6, 6.07) is 6.10. The van der Waals surface area contributed by atoms with Gasteiger partial charge in [-0.05, 0) is 49.1 Å². The lowest BCUT2D eigenvalue weighted by molar-refractivity contribution is -0.0464. The van der Waals surface area contributed by atoms with Crippen LogP contribution in [0.3, 0.4) is 0 Å². The topological polar surface area (TPSA) is 41.9 Å². The molecule has 0 amide bonds. The molecule has 1 fully saturated rings. The molecule has 4 nitrogen and oxygen atoms in total. The second-order valence-electron chi connectivity index (χ2n) is 5.97. The zero-order valence-electron chi connectivity index (χ0n) is 12.8. The summed E-state index contributed by atoms with van der Waals surface area (Å²) < 4.78 is 11.6. The lowest BCUT2D eigenvalue weighted by atomic mass is 9.89. The Morgan fingerprint density at radius 2 is 2.33 bits per heavy atom. The molecule has 0 aromatic heterocycles. The van der Waals surface area contributed by atoms with E-state index >= 15 is 0 Å². The van der Waals surface area contributed by atoms with E-state index in [9.17, 15) is 5.11 Å². The van der Waals surface area contributed by atoms with Gasteiger partial charge in [0.2, 0.25) is 0 Å². The molecule has 1 aromatic carbocycles. The van der Waals surface area contributed by atoms with E-state index in [4.69, 9.17) is 9.47 Å². The van der Waals surface area contributed by atoms with Crippen molar-refractivity contribution < 1.29 is 14.6 Å². The van der Waals surface area contributed by atoms with Crippen LogP contribution in [-0.2, 0) is 11.2 Å². The molecule has 1 aliphatic carbocycles. The van der Waals surface area contributed by atoms with E-state index in [2.05, 4.69) is 17.9 Å². The highest BCUT2D eigenvalue weighted by atomic mass is 16.5. The van der Waals surface area contributed by atoms with E-state index in [0.29, 0.717) is 6.61 Å². The smallest absolute Gasteiger partial charge is 0.119 e. The number of fused-ring (bicyclic) bond motifs is 1. The van der Waals surface area contributed by atoms with Gasteiger partial charge in [-0.2, -0.15) is 0 Å². The molecule has 0 saturated carbocycles. The number of nitrogens with zero attached hydrogens (tertiary/aromatic N) is 1. The highest BCUT2D eigenvalue weighted by molar-refractivity contribution is 5.38. The molecule has 1 heterocycles. The maximum absolute atomic E-state index is 10.1. The molecule has 116 valence electrons. The van der Waals surface area contributed by atoms with E-state index in [0.717, 1.165) is 56.8 Å². The molecular weight excluding hydrogens is 266 g/mol. The van der Waals surface area contributed by atoms with Gasteiger partial charge in [-0.1, -0.05) is 13.0 Å². The number of aliphatic hydroxyl groups is 1. The number of rotatable bonds is 4. The molecule has 0 spiro atoms. The third-order valence-corrected chi connectivity index (χ3v) is 4.51. The van der Waals surface area contributed by atoms with Crippen LogP contribution in [0.4, 0.5) is 0 Å². The van der Waals surface area contributed by atoms with Gasteiger partial charge in [0.05, 0.1) is 12.7 Å². The number of aryl methyl sites for hydroxylation is 1. The normalized spacial score (nSPS) is 26.4. The molecule has 3 rings (SSSR count). The predicted molar refractivity (Wildman–Crippen MR) is 81.7 cm³/mol. The SMILES string of the molecule is CCN1CCOC(COc2ccc3c(c2)[C@@H](O)CCC3)C1. The van der Waals surface area contributed by atoms with Crippen LogP contribution in [0.2, 0.25) is 0 Å². The Balaban J connectivity index is 1.59. The molecule has 1 aromatic rings. The Morgan fingerprint density at radius 3 is 3.19 bits per heavy atom. The largest absolute Gasteiger partial charge is 0.491 e. The number of benzene rings is 1. The molecule has 1 unspecified atom stereocenters. The second kappa shape index (κ2) is 6.77. The molecular formula is C17H25NO3. The lowest BCUT2D eigenvalue weighted by Crippen LogP contribution is -2.44. The number of morpholine rings is 1. The van der Waals surface area contributed by atoms with Crippen LogP contribution in [0.1, 0.15) is 37.0 Å². The summed E-state index contributed by atoms with van der Waals surface area (Å²) in [6.45, 7) is 6.54. The summed E-state index contributed by atoms with van der Waals surface area (Å²) in [5.74, 6) is 0.840. The van der Waals surface area contributed by atoms with Crippen molar-refractivity contribution in [3.63, 3.8) is 0 Å². The molecule has 21 heavy (non-hydrogen) atoms.